The van der Waals surface area contributed by atoms with Gasteiger partial charge in [0, 0.05) is 12.5 Å². The molecule has 0 aromatic carbocycles. The molecule has 2 amide bonds. The zero-order valence-electron chi connectivity index (χ0n) is 15.9. The van der Waals surface area contributed by atoms with Gasteiger partial charge < -0.3 is 21.1 Å². The first kappa shape index (κ1) is 24.0. The van der Waals surface area contributed by atoms with Crippen molar-refractivity contribution in [3.8, 4) is 0 Å². The van der Waals surface area contributed by atoms with E-state index in [-0.39, 0.29) is 36.2 Å². The zero-order valence-corrected chi connectivity index (χ0v) is 17.5. The third kappa shape index (κ3) is 7.87. The minimum Gasteiger partial charge on any atom is -0.480 e. The van der Waals surface area contributed by atoms with Crippen molar-refractivity contribution in [2.24, 2.45) is 11.8 Å². The van der Waals surface area contributed by atoms with Crippen LogP contribution in [0.3, 0.4) is 0 Å². The summed E-state index contributed by atoms with van der Waals surface area (Å²) in [6.45, 7) is 1.57. The third-order valence-corrected chi connectivity index (χ3v) is 6.03. The van der Waals surface area contributed by atoms with Crippen molar-refractivity contribution < 1.29 is 19.5 Å². The monoisotopic (exact) mass is 421 g/mol. The van der Waals surface area contributed by atoms with Crippen LogP contribution in [0.2, 0.25) is 0 Å². The first-order valence-corrected chi connectivity index (χ1v) is 10.9. The van der Waals surface area contributed by atoms with Crippen molar-refractivity contribution in [1.82, 2.24) is 16.0 Å². The maximum Gasteiger partial charge on any atom is 0.326 e. The van der Waals surface area contributed by atoms with Crippen LogP contribution in [0, 0.1) is 11.8 Å². The van der Waals surface area contributed by atoms with Crippen molar-refractivity contribution in [3.05, 3.63) is 0 Å². The summed E-state index contributed by atoms with van der Waals surface area (Å²) in [6.07, 6.45) is 7.60. The molecule has 2 fully saturated rings. The highest BCUT2D eigenvalue weighted by atomic mass is 35.5. The van der Waals surface area contributed by atoms with E-state index in [0.717, 1.165) is 45.1 Å². The molecule has 2 aliphatic rings. The van der Waals surface area contributed by atoms with Gasteiger partial charge in [-0.05, 0) is 69.4 Å². The van der Waals surface area contributed by atoms with Gasteiger partial charge in [-0.1, -0.05) is 0 Å². The van der Waals surface area contributed by atoms with Crippen molar-refractivity contribution >= 4 is 42.0 Å². The molecule has 1 aliphatic heterocycles. The van der Waals surface area contributed by atoms with Crippen LogP contribution < -0.4 is 16.0 Å². The highest BCUT2D eigenvalue weighted by Crippen LogP contribution is 2.28. The van der Waals surface area contributed by atoms with Crippen LogP contribution in [0.25, 0.3) is 0 Å². The molecule has 9 heteroatoms. The SMILES string of the molecule is CSCCC(NC(=O)C1CCC(CNC(=O)C2CCCN2)CC1)C(=O)O.Cl. The molecule has 156 valence electrons. The maximum absolute atomic E-state index is 12.4. The van der Waals surface area contributed by atoms with Gasteiger partial charge in [-0.25, -0.2) is 4.79 Å². The van der Waals surface area contributed by atoms with Gasteiger partial charge in [0.2, 0.25) is 11.8 Å². The molecule has 27 heavy (non-hydrogen) atoms. The number of aliphatic carboxylic acids is 1. The van der Waals surface area contributed by atoms with E-state index in [1.165, 1.54) is 0 Å². The number of nitrogens with one attached hydrogen (secondary N) is 3. The Morgan fingerprint density at radius 2 is 1.85 bits per heavy atom. The van der Waals surface area contributed by atoms with Crippen molar-refractivity contribution in [2.75, 3.05) is 25.1 Å². The number of carbonyl (C=O) groups excluding carboxylic acids is 2. The summed E-state index contributed by atoms with van der Waals surface area (Å²) in [5.41, 5.74) is 0. The Morgan fingerprint density at radius 3 is 2.41 bits per heavy atom. The summed E-state index contributed by atoms with van der Waals surface area (Å²) in [4.78, 5) is 35.7. The summed E-state index contributed by atoms with van der Waals surface area (Å²) in [5.74, 6) is -0.0360. The fourth-order valence-electron chi connectivity index (χ4n) is 3.69. The second-order valence-electron chi connectivity index (χ2n) is 7.29. The molecule has 1 saturated carbocycles. The molecule has 0 bridgehead atoms. The number of hydrogen-bond donors (Lipinski definition) is 4. The molecule has 0 radical (unpaired) electrons. The first-order valence-electron chi connectivity index (χ1n) is 9.54. The maximum atomic E-state index is 12.4. The molecule has 1 saturated heterocycles. The first-order chi connectivity index (χ1) is 12.5. The van der Waals surface area contributed by atoms with E-state index in [0.29, 0.717) is 24.6 Å². The standard InChI is InChI=1S/C18H31N3O4S.ClH/c1-26-10-8-15(18(24)25)21-16(22)13-6-4-12(5-7-13)11-20-17(23)14-3-2-9-19-14;/h12-15,19H,2-11H2,1H3,(H,20,23)(H,21,22)(H,24,25);1H. The molecule has 0 aromatic heterocycles. The topological polar surface area (TPSA) is 108 Å². The van der Waals surface area contributed by atoms with E-state index in [1.807, 2.05) is 6.26 Å². The number of carboxylic acids is 1. The van der Waals surface area contributed by atoms with Gasteiger partial charge in [-0.3, -0.25) is 9.59 Å². The highest BCUT2D eigenvalue weighted by molar-refractivity contribution is 7.98. The lowest BCUT2D eigenvalue weighted by molar-refractivity contribution is -0.142. The number of thioether (sulfide) groups is 1. The molecular weight excluding hydrogens is 390 g/mol. The molecule has 0 spiro atoms. The fourth-order valence-corrected chi connectivity index (χ4v) is 4.16. The summed E-state index contributed by atoms with van der Waals surface area (Å²) >= 11 is 1.57. The Hall–Kier alpha value is -0.990. The summed E-state index contributed by atoms with van der Waals surface area (Å²) in [5, 5.41) is 18.1. The normalized spacial score (nSPS) is 25.9. The molecule has 1 heterocycles. The Labute approximate surface area is 171 Å². The minimum atomic E-state index is -0.968. The van der Waals surface area contributed by atoms with Crippen molar-refractivity contribution in [3.63, 3.8) is 0 Å². The summed E-state index contributed by atoms with van der Waals surface area (Å²) in [7, 11) is 0. The smallest absolute Gasteiger partial charge is 0.326 e. The van der Waals surface area contributed by atoms with Gasteiger partial charge in [-0.2, -0.15) is 11.8 Å². The summed E-state index contributed by atoms with van der Waals surface area (Å²) in [6, 6.07) is -0.850. The molecule has 2 rings (SSSR count). The van der Waals surface area contributed by atoms with Gasteiger partial charge in [0.25, 0.3) is 0 Å². The second kappa shape index (κ2) is 12.5. The van der Waals surface area contributed by atoms with Crippen LogP contribution in [-0.4, -0.2) is 60.1 Å². The number of carboxylic acid groups (broad SMARTS) is 1. The summed E-state index contributed by atoms with van der Waals surface area (Å²) < 4.78 is 0. The fraction of sp³-hybridized carbons (Fsp3) is 0.833. The van der Waals surface area contributed by atoms with Gasteiger partial charge >= 0.3 is 5.97 Å². The van der Waals surface area contributed by atoms with Crippen molar-refractivity contribution in [1.29, 1.82) is 0 Å². The molecule has 0 aromatic rings. The number of amides is 2. The van der Waals surface area contributed by atoms with E-state index in [1.54, 1.807) is 11.8 Å². The third-order valence-electron chi connectivity index (χ3n) is 5.38. The zero-order chi connectivity index (χ0) is 18.9. The Balaban J connectivity index is 0.00000364. The Kier molecular flexibility index (Phi) is 11.1. The average molecular weight is 422 g/mol. The predicted octanol–water partition coefficient (Wildman–Crippen LogP) is 1.41. The van der Waals surface area contributed by atoms with E-state index in [2.05, 4.69) is 16.0 Å². The average Bonchev–Trinajstić information content (AvgIpc) is 3.18. The van der Waals surface area contributed by atoms with Gasteiger partial charge in [-0.15, -0.1) is 12.4 Å². The van der Waals surface area contributed by atoms with Crippen LogP contribution in [-0.2, 0) is 14.4 Å². The molecule has 4 N–H and O–H groups in total. The van der Waals surface area contributed by atoms with Gasteiger partial charge in [0.05, 0.1) is 6.04 Å². The molecule has 7 nitrogen and oxygen atoms in total. The van der Waals surface area contributed by atoms with Crippen LogP contribution in [0.5, 0.6) is 0 Å². The quantitative estimate of drug-likeness (QED) is 0.448. The molecule has 2 unspecified atom stereocenters. The lowest BCUT2D eigenvalue weighted by Gasteiger charge is -2.29. The minimum absolute atomic E-state index is 0. The highest BCUT2D eigenvalue weighted by Gasteiger charge is 2.30. The van der Waals surface area contributed by atoms with Crippen LogP contribution in [0.15, 0.2) is 0 Å². The van der Waals surface area contributed by atoms with Crippen LogP contribution >= 0.6 is 24.2 Å². The van der Waals surface area contributed by atoms with Gasteiger partial charge in [0.1, 0.15) is 6.04 Å². The Bertz CT molecular complexity index is 495. The second-order valence-corrected chi connectivity index (χ2v) is 8.28. The predicted molar refractivity (Wildman–Crippen MR) is 109 cm³/mol. The number of halogens is 1. The van der Waals surface area contributed by atoms with Crippen molar-refractivity contribution in [2.45, 2.75) is 57.0 Å². The molecular formula is C18H32ClN3O4S. The lowest BCUT2D eigenvalue weighted by atomic mass is 9.81. The molecule has 1 aliphatic carbocycles. The van der Waals surface area contributed by atoms with Crippen LogP contribution in [0.1, 0.15) is 44.9 Å². The van der Waals surface area contributed by atoms with E-state index in [4.69, 9.17) is 0 Å². The van der Waals surface area contributed by atoms with E-state index < -0.39 is 12.0 Å². The van der Waals surface area contributed by atoms with Gasteiger partial charge in [0.15, 0.2) is 0 Å². The van der Waals surface area contributed by atoms with E-state index >= 15 is 0 Å². The van der Waals surface area contributed by atoms with Crippen LogP contribution in [0.4, 0.5) is 0 Å². The lowest BCUT2D eigenvalue weighted by Crippen LogP contribution is -2.45. The van der Waals surface area contributed by atoms with E-state index in [9.17, 15) is 19.5 Å². The number of hydrogen-bond acceptors (Lipinski definition) is 5. The Morgan fingerprint density at radius 1 is 1.15 bits per heavy atom. The largest absolute Gasteiger partial charge is 0.480 e. The number of carbonyl (C=O) groups is 3. The number of rotatable bonds is 9. The molecule has 2 atom stereocenters.